The van der Waals surface area contributed by atoms with Crippen molar-refractivity contribution >= 4 is 29.7 Å². The van der Waals surface area contributed by atoms with Gasteiger partial charge in [-0.1, -0.05) is 11.6 Å². The van der Waals surface area contributed by atoms with Gasteiger partial charge in [-0.15, -0.1) is 0 Å². The number of nitrogens with zero attached hydrogens (tertiary/aromatic N) is 2. The van der Waals surface area contributed by atoms with Gasteiger partial charge in [-0.25, -0.2) is 15.2 Å². The summed E-state index contributed by atoms with van der Waals surface area (Å²) in [6, 6.07) is 12.7. The molecule has 0 aliphatic heterocycles. The van der Waals surface area contributed by atoms with Gasteiger partial charge in [0, 0.05) is 16.8 Å². The van der Waals surface area contributed by atoms with Crippen LogP contribution in [0.15, 0.2) is 58.4 Å². The number of aryl methyl sites for hydroxylation is 1. The molecule has 0 atom stereocenters. The lowest BCUT2D eigenvalue weighted by atomic mass is 10.2. The van der Waals surface area contributed by atoms with Crippen molar-refractivity contribution in [3.05, 3.63) is 80.7 Å². The second kappa shape index (κ2) is 9.03. The number of aromatic amines is 1. The van der Waals surface area contributed by atoms with Crippen LogP contribution in [-0.2, 0) is 0 Å². The number of hydrazone groups is 1. The highest BCUT2D eigenvalue weighted by atomic mass is 35.5. The van der Waals surface area contributed by atoms with E-state index >= 15 is 0 Å². The molecule has 0 radical (unpaired) electrons. The van der Waals surface area contributed by atoms with Crippen LogP contribution in [0.4, 0.5) is 5.95 Å². The fraction of sp³-hybridized carbons (Fsp3) is 0.100. The average molecular weight is 413 g/mol. The number of hydrogen-bond acceptors (Lipinski definition) is 7. The van der Waals surface area contributed by atoms with Gasteiger partial charge in [0.1, 0.15) is 0 Å². The van der Waals surface area contributed by atoms with E-state index in [1.165, 1.54) is 19.4 Å². The monoisotopic (exact) mass is 412 g/mol. The number of aromatic nitrogens is 2. The van der Waals surface area contributed by atoms with Gasteiger partial charge in [0.25, 0.3) is 5.56 Å². The molecule has 2 N–H and O–H groups in total. The maximum absolute atomic E-state index is 12.3. The van der Waals surface area contributed by atoms with E-state index in [0.29, 0.717) is 27.6 Å². The van der Waals surface area contributed by atoms with Crippen LogP contribution >= 0.6 is 11.6 Å². The lowest BCUT2D eigenvalue weighted by molar-refractivity contribution is 0.0729. The van der Waals surface area contributed by atoms with Crippen LogP contribution in [0.3, 0.4) is 0 Å². The van der Waals surface area contributed by atoms with Gasteiger partial charge in [0.2, 0.25) is 5.95 Å². The molecule has 8 nitrogen and oxygen atoms in total. The first-order valence-corrected chi connectivity index (χ1v) is 8.85. The lowest BCUT2D eigenvalue weighted by Crippen LogP contribution is -2.10. The lowest BCUT2D eigenvalue weighted by Gasteiger charge is -2.10. The van der Waals surface area contributed by atoms with Crippen molar-refractivity contribution in [2.75, 3.05) is 12.5 Å². The number of halogens is 1. The summed E-state index contributed by atoms with van der Waals surface area (Å²) < 4.78 is 10.7. The van der Waals surface area contributed by atoms with E-state index in [1.807, 2.05) is 0 Å². The second-order valence-electron chi connectivity index (χ2n) is 5.91. The molecule has 2 aromatic carbocycles. The van der Waals surface area contributed by atoms with Gasteiger partial charge in [-0.3, -0.25) is 9.78 Å². The molecule has 0 saturated carbocycles. The fourth-order valence-electron chi connectivity index (χ4n) is 2.39. The first-order chi connectivity index (χ1) is 13.9. The number of methoxy groups -OCH3 is 1. The summed E-state index contributed by atoms with van der Waals surface area (Å²) in [5, 5.41) is 4.56. The highest BCUT2D eigenvalue weighted by Crippen LogP contribution is 2.28. The Hall–Kier alpha value is -3.65. The molecular formula is C20H17ClN4O4. The number of hydrogen-bond donors (Lipinski definition) is 2. The number of rotatable bonds is 6. The highest BCUT2D eigenvalue weighted by molar-refractivity contribution is 6.30. The quantitative estimate of drug-likeness (QED) is 0.278. The molecule has 0 saturated heterocycles. The summed E-state index contributed by atoms with van der Waals surface area (Å²) in [6.45, 7) is 1.71. The second-order valence-corrected chi connectivity index (χ2v) is 6.35. The number of esters is 1. The summed E-state index contributed by atoms with van der Waals surface area (Å²) in [5.41, 5.74) is 3.99. The zero-order chi connectivity index (χ0) is 20.8. The molecule has 3 rings (SSSR count). The molecule has 0 spiro atoms. The van der Waals surface area contributed by atoms with Crippen LogP contribution in [0.5, 0.6) is 11.5 Å². The maximum atomic E-state index is 12.3. The Bertz CT molecular complexity index is 1110. The molecule has 0 bridgehead atoms. The van der Waals surface area contributed by atoms with Crippen LogP contribution in [-0.4, -0.2) is 29.3 Å². The molecule has 0 amide bonds. The third kappa shape index (κ3) is 5.43. The number of H-pyrrole nitrogens is 1. The number of nitrogens with one attached hydrogen (secondary N) is 2. The molecule has 0 aliphatic rings. The molecule has 1 aromatic heterocycles. The Labute approximate surface area is 171 Å². The summed E-state index contributed by atoms with van der Waals surface area (Å²) >= 11 is 5.83. The van der Waals surface area contributed by atoms with Crippen molar-refractivity contribution in [1.82, 2.24) is 9.97 Å². The number of anilines is 1. The number of carbonyl (C=O) groups is 1. The predicted molar refractivity (Wildman–Crippen MR) is 110 cm³/mol. The molecule has 29 heavy (non-hydrogen) atoms. The predicted octanol–water partition coefficient (Wildman–Crippen LogP) is 3.41. The van der Waals surface area contributed by atoms with Gasteiger partial charge in [-0.2, -0.15) is 5.10 Å². The minimum absolute atomic E-state index is 0.228. The third-order valence-corrected chi connectivity index (χ3v) is 3.98. The minimum Gasteiger partial charge on any atom is -0.493 e. The van der Waals surface area contributed by atoms with Crippen molar-refractivity contribution in [3.8, 4) is 11.5 Å². The summed E-state index contributed by atoms with van der Waals surface area (Å²) in [5.74, 6) is 0.324. The molecule has 148 valence electrons. The number of ether oxygens (including phenoxy) is 2. The topological polar surface area (TPSA) is 106 Å². The molecule has 0 aliphatic carbocycles. The summed E-state index contributed by atoms with van der Waals surface area (Å²) in [7, 11) is 1.47. The Morgan fingerprint density at radius 3 is 2.62 bits per heavy atom. The fourth-order valence-corrected chi connectivity index (χ4v) is 2.52. The van der Waals surface area contributed by atoms with Crippen LogP contribution in [0.25, 0.3) is 0 Å². The minimum atomic E-state index is -0.530. The molecule has 9 heteroatoms. The Balaban J connectivity index is 1.71. The van der Waals surface area contributed by atoms with E-state index in [-0.39, 0.29) is 17.3 Å². The zero-order valence-corrected chi connectivity index (χ0v) is 16.4. The van der Waals surface area contributed by atoms with E-state index in [1.54, 1.807) is 49.4 Å². The van der Waals surface area contributed by atoms with E-state index in [0.717, 1.165) is 0 Å². The van der Waals surface area contributed by atoms with E-state index in [2.05, 4.69) is 20.5 Å². The number of carbonyl (C=O) groups excluding carboxylic acids is 1. The van der Waals surface area contributed by atoms with E-state index in [4.69, 9.17) is 21.1 Å². The van der Waals surface area contributed by atoms with Gasteiger partial charge in [-0.05, 0) is 55.0 Å². The van der Waals surface area contributed by atoms with Crippen LogP contribution in [0.1, 0.15) is 21.6 Å². The SMILES string of the molecule is COc1cc(/C=N\Nc2nc(C)cc(=O)[nH]2)ccc1OC(=O)c1ccc(Cl)cc1. The van der Waals surface area contributed by atoms with E-state index < -0.39 is 5.97 Å². The third-order valence-electron chi connectivity index (χ3n) is 3.72. The Kier molecular flexibility index (Phi) is 6.25. The van der Waals surface area contributed by atoms with Crippen molar-refractivity contribution in [3.63, 3.8) is 0 Å². The van der Waals surface area contributed by atoms with Crippen LogP contribution in [0, 0.1) is 6.92 Å². The molecule has 0 fully saturated rings. The van der Waals surface area contributed by atoms with Gasteiger partial charge >= 0.3 is 5.97 Å². The molecule has 0 unspecified atom stereocenters. The largest absolute Gasteiger partial charge is 0.493 e. The van der Waals surface area contributed by atoms with Crippen molar-refractivity contribution < 1.29 is 14.3 Å². The molecular weight excluding hydrogens is 396 g/mol. The highest BCUT2D eigenvalue weighted by Gasteiger charge is 2.12. The summed E-state index contributed by atoms with van der Waals surface area (Å²) in [6.07, 6.45) is 1.51. The Morgan fingerprint density at radius 1 is 1.17 bits per heavy atom. The van der Waals surface area contributed by atoms with Crippen LogP contribution in [0.2, 0.25) is 5.02 Å². The zero-order valence-electron chi connectivity index (χ0n) is 15.6. The first kappa shape index (κ1) is 20.1. The smallest absolute Gasteiger partial charge is 0.343 e. The van der Waals surface area contributed by atoms with Gasteiger partial charge in [0.05, 0.1) is 18.9 Å². The van der Waals surface area contributed by atoms with Gasteiger partial charge < -0.3 is 9.47 Å². The van der Waals surface area contributed by atoms with Crippen molar-refractivity contribution in [2.45, 2.75) is 6.92 Å². The van der Waals surface area contributed by atoms with Crippen LogP contribution < -0.4 is 20.5 Å². The standard InChI is InChI=1S/C20H17ClN4O4/c1-12-9-18(26)24-20(23-12)25-22-11-13-3-8-16(17(10-13)28-2)29-19(27)14-4-6-15(21)7-5-14/h3-11H,1-2H3,(H2,23,24,25,26)/b22-11-. The summed E-state index contributed by atoms with van der Waals surface area (Å²) in [4.78, 5) is 30.3. The average Bonchev–Trinajstić information content (AvgIpc) is 2.68. The first-order valence-electron chi connectivity index (χ1n) is 8.47. The van der Waals surface area contributed by atoms with E-state index in [9.17, 15) is 9.59 Å². The number of benzene rings is 2. The van der Waals surface area contributed by atoms with Crippen molar-refractivity contribution in [2.24, 2.45) is 5.10 Å². The normalized spacial score (nSPS) is 10.7. The maximum Gasteiger partial charge on any atom is 0.343 e. The molecule has 1 heterocycles. The molecule has 3 aromatic rings. The Morgan fingerprint density at radius 2 is 1.93 bits per heavy atom. The van der Waals surface area contributed by atoms with Gasteiger partial charge in [0.15, 0.2) is 11.5 Å². The van der Waals surface area contributed by atoms with Crippen molar-refractivity contribution in [1.29, 1.82) is 0 Å².